The molecule has 0 heterocycles. The van der Waals surface area contributed by atoms with Crippen LogP contribution in [-0.4, -0.2) is 178 Å². The van der Waals surface area contributed by atoms with E-state index in [0.717, 1.165) is 13.0 Å². The van der Waals surface area contributed by atoms with Gasteiger partial charge in [0, 0.05) is 19.1 Å². The van der Waals surface area contributed by atoms with E-state index in [2.05, 4.69) is 36.5 Å². The fourth-order valence-electron chi connectivity index (χ4n) is 8.15. The smallest absolute Gasteiger partial charge is 0.407 e. The summed E-state index contributed by atoms with van der Waals surface area (Å²) in [6, 6.07) is 16.5. The number of unbranched alkanes of at least 4 members (excludes halogenated alkanes) is 15. The molecule has 15 nitrogen and oxygen atoms in total. The number of nitrogens with one attached hydrogen (secondary N) is 1. The molecular formula is C57H97NO14. The SMILES string of the molecule is CCCCCCCCCCCCCCCCCCOCCOCCOCCOCCOCCOCCOCCOCCOCCOCCOCCOCCNC(=O)OCC1c2ccccc2-c2ccccc21. The number of hydrogen-bond acceptors (Lipinski definition) is 14. The monoisotopic (exact) mass is 1020 g/mol. The summed E-state index contributed by atoms with van der Waals surface area (Å²) in [7, 11) is 0. The number of rotatable bonds is 55. The van der Waals surface area contributed by atoms with Crippen molar-refractivity contribution in [3.63, 3.8) is 0 Å². The third-order valence-corrected chi connectivity index (χ3v) is 12.1. The Hall–Kier alpha value is -2.77. The van der Waals surface area contributed by atoms with Crippen molar-refractivity contribution in [2.75, 3.05) is 172 Å². The average Bonchev–Trinajstić information content (AvgIpc) is 3.72. The summed E-state index contributed by atoms with van der Waals surface area (Å²) in [5.74, 6) is 0.0351. The minimum atomic E-state index is -0.451. The third-order valence-electron chi connectivity index (χ3n) is 12.1. The molecule has 0 aliphatic heterocycles. The van der Waals surface area contributed by atoms with E-state index in [4.69, 9.17) is 61.6 Å². The lowest BCUT2D eigenvalue weighted by Crippen LogP contribution is -2.29. The maximum atomic E-state index is 12.3. The highest BCUT2D eigenvalue weighted by molar-refractivity contribution is 5.79. The van der Waals surface area contributed by atoms with Gasteiger partial charge in [0.15, 0.2) is 0 Å². The number of hydrogen-bond donors (Lipinski definition) is 1. The molecule has 0 bridgehead atoms. The molecule has 1 N–H and O–H groups in total. The lowest BCUT2D eigenvalue weighted by Gasteiger charge is -2.14. The van der Waals surface area contributed by atoms with Gasteiger partial charge < -0.3 is 66.9 Å². The molecule has 72 heavy (non-hydrogen) atoms. The van der Waals surface area contributed by atoms with Gasteiger partial charge in [0.1, 0.15) is 6.61 Å². The minimum absolute atomic E-state index is 0.0351. The first kappa shape index (κ1) is 63.5. The first-order valence-corrected chi connectivity index (χ1v) is 27.8. The van der Waals surface area contributed by atoms with E-state index in [1.165, 1.54) is 119 Å². The Bertz CT molecular complexity index is 1440. The van der Waals surface area contributed by atoms with E-state index in [1.807, 2.05) is 24.3 Å². The van der Waals surface area contributed by atoms with Crippen molar-refractivity contribution in [2.24, 2.45) is 0 Å². The van der Waals surface area contributed by atoms with Crippen LogP contribution in [0.2, 0.25) is 0 Å². The summed E-state index contributed by atoms with van der Waals surface area (Å²) >= 11 is 0. The molecule has 1 aliphatic carbocycles. The Balaban J connectivity index is 0.882. The van der Waals surface area contributed by atoms with Gasteiger partial charge in [0.05, 0.1) is 152 Å². The molecule has 3 rings (SSSR count). The van der Waals surface area contributed by atoms with Gasteiger partial charge in [0.2, 0.25) is 0 Å². The molecular weight excluding hydrogens is 923 g/mol. The second-order valence-electron chi connectivity index (χ2n) is 17.9. The zero-order chi connectivity index (χ0) is 50.7. The molecule has 2 aromatic rings. The van der Waals surface area contributed by atoms with Crippen LogP contribution >= 0.6 is 0 Å². The maximum Gasteiger partial charge on any atom is 0.407 e. The van der Waals surface area contributed by atoms with Crippen LogP contribution in [0.3, 0.4) is 0 Å². The van der Waals surface area contributed by atoms with Gasteiger partial charge in [-0.25, -0.2) is 4.79 Å². The number of fused-ring (bicyclic) bond motifs is 3. The molecule has 0 fully saturated rings. The van der Waals surface area contributed by atoms with Crippen LogP contribution in [-0.2, 0) is 61.6 Å². The standard InChI is InChI=1S/C57H97NO14/c1-2-3-4-5-6-7-8-9-10-11-12-13-14-15-16-21-27-60-29-31-62-33-35-64-37-39-66-41-43-68-45-47-70-49-50-71-48-46-69-44-42-67-40-38-65-36-34-63-32-30-61-28-26-58-57(59)72-51-56-54-24-19-17-22-52(54)53-23-18-20-25-55(53)56/h17-20,22-25,56H,2-16,21,26-51H2,1H3,(H,58,59). The van der Waals surface area contributed by atoms with Crippen LogP contribution in [0.5, 0.6) is 0 Å². The number of amides is 1. The number of ether oxygens (including phenoxy) is 13. The highest BCUT2D eigenvalue weighted by Crippen LogP contribution is 2.44. The second kappa shape index (κ2) is 49.1. The summed E-state index contributed by atoms with van der Waals surface area (Å²) in [4.78, 5) is 12.3. The lowest BCUT2D eigenvalue weighted by molar-refractivity contribution is -0.0283. The zero-order valence-electron chi connectivity index (χ0n) is 44.6. The van der Waals surface area contributed by atoms with Crippen molar-refractivity contribution < 1.29 is 66.4 Å². The first-order chi connectivity index (χ1) is 35.8. The average molecular weight is 1020 g/mol. The van der Waals surface area contributed by atoms with Gasteiger partial charge in [-0.05, 0) is 28.7 Å². The Morgan fingerprint density at radius 2 is 0.611 bits per heavy atom. The third kappa shape index (κ3) is 35.4. The Morgan fingerprint density at radius 3 is 0.931 bits per heavy atom. The summed E-state index contributed by atoms with van der Waals surface area (Å²) in [6.45, 7) is 15.3. The van der Waals surface area contributed by atoms with Crippen molar-refractivity contribution in [2.45, 2.75) is 116 Å². The van der Waals surface area contributed by atoms with Crippen LogP contribution in [0.25, 0.3) is 11.1 Å². The second-order valence-corrected chi connectivity index (χ2v) is 17.9. The molecule has 0 atom stereocenters. The topological polar surface area (TPSA) is 149 Å². The molecule has 0 saturated carbocycles. The molecule has 0 aromatic heterocycles. The van der Waals surface area contributed by atoms with E-state index < -0.39 is 6.09 Å². The fraction of sp³-hybridized carbons (Fsp3) is 0.772. The Kier molecular flexibility index (Phi) is 43.3. The molecule has 2 aromatic carbocycles. The summed E-state index contributed by atoms with van der Waals surface area (Å²) in [6.07, 6.45) is 21.7. The van der Waals surface area contributed by atoms with Gasteiger partial charge in [-0.2, -0.15) is 0 Å². The molecule has 0 unspecified atom stereocenters. The van der Waals surface area contributed by atoms with Crippen LogP contribution in [0.4, 0.5) is 4.79 Å². The van der Waals surface area contributed by atoms with Gasteiger partial charge in [-0.15, -0.1) is 0 Å². The van der Waals surface area contributed by atoms with Crippen LogP contribution < -0.4 is 5.32 Å². The molecule has 414 valence electrons. The maximum absolute atomic E-state index is 12.3. The van der Waals surface area contributed by atoms with Crippen molar-refractivity contribution >= 4 is 6.09 Å². The van der Waals surface area contributed by atoms with Gasteiger partial charge >= 0.3 is 6.09 Å². The minimum Gasteiger partial charge on any atom is -0.449 e. The van der Waals surface area contributed by atoms with Gasteiger partial charge in [-0.3, -0.25) is 0 Å². The molecule has 1 amide bonds. The summed E-state index contributed by atoms with van der Waals surface area (Å²) in [5, 5.41) is 2.75. The van der Waals surface area contributed by atoms with Gasteiger partial charge in [0.25, 0.3) is 0 Å². The Labute approximate surface area is 434 Å². The predicted molar refractivity (Wildman–Crippen MR) is 282 cm³/mol. The van der Waals surface area contributed by atoms with E-state index in [9.17, 15) is 4.79 Å². The summed E-state index contributed by atoms with van der Waals surface area (Å²) < 4.78 is 72.3. The van der Waals surface area contributed by atoms with Gasteiger partial charge in [-0.1, -0.05) is 152 Å². The molecule has 1 aliphatic rings. The zero-order valence-corrected chi connectivity index (χ0v) is 44.6. The molecule has 0 spiro atoms. The Morgan fingerprint density at radius 1 is 0.347 bits per heavy atom. The van der Waals surface area contributed by atoms with Crippen LogP contribution in [0, 0.1) is 0 Å². The fourth-order valence-corrected chi connectivity index (χ4v) is 8.15. The van der Waals surface area contributed by atoms with E-state index in [1.54, 1.807) is 0 Å². The predicted octanol–water partition coefficient (Wildman–Crippen LogP) is 9.99. The largest absolute Gasteiger partial charge is 0.449 e. The first-order valence-electron chi connectivity index (χ1n) is 27.8. The highest BCUT2D eigenvalue weighted by atomic mass is 16.6. The number of benzene rings is 2. The van der Waals surface area contributed by atoms with Crippen molar-refractivity contribution in [3.05, 3.63) is 59.7 Å². The van der Waals surface area contributed by atoms with Crippen molar-refractivity contribution in [3.8, 4) is 11.1 Å². The van der Waals surface area contributed by atoms with Crippen LogP contribution in [0.15, 0.2) is 48.5 Å². The molecule has 0 saturated heterocycles. The highest BCUT2D eigenvalue weighted by Gasteiger charge is 2.29. The number of carbonyl (C=O) groups is 1. The van der Waals surface area contributed by atoms with Crippen molar-refractivity contribution in [1.82, 2.24) is 5.32 Å². The number of alkyl carbamates (subject to hydrolysis) is 1. The molecule has 15 heteroatoms. The molecule has 0 radical (unpaired) electrons. The van der Waals surface area contributed by atoms with E-state index >= 15 is 0 Å². The van der Waals surface area contributed by atoms with Crippen molar-refractivity contribution in [1.29, 1.82) is 0 Å². The normalized spacial score (nSPS) is 12.2. The van der Waals surface area contributed by atoms with Crippen LogP contribution in [0.1, 0.15) is 127 Å². The quantitative estimate of drug-likeness (QED) is 0.0627. The van der Waals surface area contributed by atoms with E-state index in [0.29, 0.717) is 159 Å². The number of carbonyl (C=O) groups excluding carboxylic acids is 1. The lowest BCUT2D eigenvalue weighted by atomic mass is 9.98. The van der Waals surface area contributed by atoms with E-state index in [-0.39, 0.29) is 12.5 Å². The summed E-state index contributed by atoms with van der Waals surface area (Å²) in [5.41, 5.74) is 4.78.